The van der Waals surface area contributed by atoms with Gasteiger partial charge in [0.25, 0.3) is 11.8 Å². The second-order valence-electron chi connectivity index (χ2n) is 15.9. The van der Waals surface area contributed by atoms with E-state index in [1.807, 2.05) is 91.8 Å². The maximum absolute atomic E-state index is 14.2. The Bertz CT molecular complexity index is 2390. The van der Waals surface area contributed by atoms with Crippen LogP contribution in [0.15, 0.2) is 94.4 Å². The van der Waals surface area contributed by atoms with Gasteiger partial charge in [0, 0.05) is 70.1 Å². The van der Waals surface area contributed by atoms with Crippen LogP contribution in [0.2, 0.25) is 0 Å². The van der Waals surface area contributed by atoms with Crippen LogP contribution in [0.4, 0.5) is 10.5 Å². The van der Waals surface area contributed by atoms with Crippen molar-refractivity contribution in [3.05, 3.63) is 102 Å². The highest BCUT2D eigenvalue weighted by molar-refractivity contribution is 6.11. The number of hydrazone groups is 1. The van der Waals surface area contributed by atoms with E-state index < -0.39 is 23.3 Å². The molecule has 1 atom stereocenters. The molecule has 0 radical (unpaired) electrons. The summed E-state index contributed by atoms with van der Waals surface area (Å²) in [6.07, 6.45) is 0.155. The van der Waals surface area contributed by atoms with Crippen molar-refractivity contribution in [2.45, 2.75) is 40.0 Å². The van der Waals surface area contributed by atoms with Crippen LogP contribution >= 0.6 is 0 Å². The lowest BCUT2D eigenvalue weighted by molar-refractivity contribution is -0.152. The fourth-order valence-electron chi connectivity index (χ4n) is 7.36. The highest BCUT2D eigenvalue weighted by atomic mass is 16.6. The van der Waals surface area contributed by atoms with Crippen molar-refractivity contribution < 1.29 is 33.1 Å². The van der Waals surface area contributed by atoms with Gasteiger partial charge in [0.2, 0.25) is 5.91 Å². The van der Waals surface area contributed by atoms with Crippen LogP contribution in [-0.2, 0) is 9.59 Å². The summed E-state index contributed by atoms with van der Waals surface area (Å²) in [5.74, 6) is 0.0774. The Labute approximate surface area is 345 Å². The third-order valence-electron chi connectivity index (χ3n) is 10.9. The zero-order valence-corrected chi connectivity index (χ0v) is 35.4. The van der Waals surface area contributed by atoms with Crippen LogP contribution < -0.4 is 14.4 Å². The van der Waals surface area contributed by atoms with Gasteiger partial charge in [-0.1, -0.05) is 61.5 Å². The van der Waals surface area contributed by atoms with Gasteiger partial charge in [-0.05, 0) is 82.1 Å². The van der Waals surface area contributed by atoms with Crippen molar-refractivity contribution in [1.82, 2.24) is 19.7 Å². The smallest absolute Gasteiger partial charge is 0.415 e. The van der Waals surface area contributed by atoms with Gasteiger partial charge in [-0.3, -0.25) is 14.4 Å². The van der Waals surface area contributed by atoms with Crippen molar-refractivity contribution in [1.29, 1.82) is 0 Å². The normalized spacial score (nSPS) is 14.1. The highest BCUT2D eigenvalue weighted by Crippen LogP contribution is 2.47. The van der Waals surface area contributed by atoms with Crippen LogP contribution in [0.1, 0.15) is 61.7 Å². The minimum atomic E-state index is -1.42. The molecule has 4 aromatic carbocycles. The first kappa shape index (κ1) is 42.4. The SMILES string of the molecule is CC[C@@H]1CN(C(=O)c2cc3cc(OCCN(C)C)ccc3o2)c2cc(OC(=O)N(C)CCN(C)C(=O)C(C)(C)C(=O)N(C)/N=C(\C)c3ccccc3)c3ccccc3c21. The lowest BCUT2D eigenvalue weighted by Crippen LogP contribution is -2.49. The van der Waals surface area contributed by atoms with Crippen LogP contribution in [0.5, 0.6) is 11.5 Å². The predicted octanol–water partition coefficient (Wildman–Crippen LogP) is 7.48. The maximum atomic E-state index is 14.2. The molecule has 0 saturated heterocycles. The lowest BCUT2D eigenvalue weighted by atomic mass is 9.90. The van der Waals surface area contributed by atoms with Crippen LogP contribution in [0.3, 0.4) is 0 Å². The summed E-state index contributed by atoms with van der Waals surface area (Å²) in [6.45, 7) is 9.05. The topological polar surface area (TPSA) is 128 Å². The number of rotatable bonds is 14. The number of likely N-dealkylation sites (N-methyl/N-ethyl adjacent to an activating group) is 3. The van der Waals surface area contributed by atoms with Gasteiger partial charge in [-0.25, -0.2) is 9.80 Å². The average Bonchev–Trinajstić information content (AvgIpc) is 3.83. The highest BCUT2D eigenvalue weighted by Gasteiger charge is 2.41. The lowest BCUT2D eigenvalue weighted by Gasteiger charge is -2.31. The number of anilines is 1. The molecule has 4 amide bonds. The Hall–Kier alpha value is -6.21. The Morgan fingerprint density at radius 2 is 1.51 bits per heavy atom. The molecule has 1 aromatic heterocycles. The van der Waals surface area contributed by atoms with Crippen LogP contribution in [0.25, 0.3) is 21.7 Å². The molecular formula is C46H54N6O7. The molecule has 6 rings (SSSR count). The van der Waals surface area contributed by atoms with Crippen molar-refractivity contribution in [3.63, 3.8) is 0 Å². The van der Waals surface area contributed by atoms with E-state index in [2.05, 4.69) is 12.0 Å². The number of amides is 4. The Morgan fingerprint density at radius 3 is 2.20 bits per heavy atom. The summed E-state index contributed by atoms with van der Waals surface area (Å²) in [6, 6.07) is 26.2. The molecule has 13 nitrogen and oxygen atoms in total. The quantitative estimate of drug-likeness (QED) is 0.0643. The summed E-state index contributed by atoms with van der Waals surface area (Å²) < 4.78 is 18.0. The van der Waals surface area contributed by atoms with Crippen molar-refractivity contribution in [2.24, 2.45) is 10.5 Å². The van der Waals surface area contributed by atoms with Gasteiger partial charge < -0.3 is 33.5 Å². The molecule has 13 heteroatoms. The summed E-state index contributed by atoms with van der Waals surface area (Å²) in [7, 11) is 8.69. The summed E-state index contributed by atoms with van der Waals surface area (Å²) >= 11 is 0. The zero-order valence-electron chi connectivity index (χ0n) is 35.4. The van der Waals surface area contributed by atoms with E-state index in [0.29, 0.717) is 41.6 Å². The minimum Gasteiger partial charge on any atom is -0.492 e. The molecule has 0 spiro atoms. The van der Waals surface area contributed by atoms with Gasteiger partial charge in [0.1, 0.15) is 29.1 Å². The van der Waals surface area contributed by atoms with Crippen molar-refractivity contribution >= 4 is 57.0 Å². The van der Waals surface area contributed by atoms with E-state index >= 15 is 0 Å². The number of benzene rings is 4. The predicted molar refractivity (Wildman–Crippen MR) is 230 cm³/mol. The summed E-state index contributed by atoms with van der Waals surface area (Å²) in [4.78, 5) is 61.5. The number of hydrogen-bond donors (Lipinski definition) is 0. The Balaban J connectivity index is 1.16. The van der Waals surface area contributed by atoms with Crippen LogP contribution in [-0.4, -0.2) is 117 Å². The van der Waals surface area contributed by atoms with Gasteiger partial charge in [-0.15, -0.1) is 0 Å². The van der Waals surface area contributed by atoms with E-state index in [9.17, 15) is 19.2 Å². The number of carbonyl (C=O) groups is 4. The number of carbonyl (C=O) groups excluding carboxylic acids is 4. The molecule has 1 aliphatic heterocycles. The fourth-order valence-corrected chi connectivity index (χ4v) is 7.36. The molecule has 0 unspecified atom stereocenters. The second kappa shape index (κ2) is 17.7. The second-order valence-corrected chi connectivity index (χ2v) is 15.9. The molecule has 59 heavy (non-hydrogen) atoms. The Morgan fingerprint density at radius 1 is 0.831 bits per heavy atom. The third-order valence-corrected chi connectivity index (χ3v) is 10.9. The third kappa shape index (κ3) is 9.10. The number of hydrogen-bond acceptors (Lipinski definition) is 9. The van der Waals surface area contributed by atoms with Crippen molar-refractivity contribution in [3.8, 4) is 11.5 Å². The van der Waals surface area contributed by atoms with Crippen molar-refractivity contribution in [2.75, 3.05) is 72.9 Å². The largest absolute Gasteiger partial charge is 0.492 e. The van der Waals surface area contributed by atoms with Crippen LogP contribution in [0, 0.1) is 5.41 Å². The molecule has 0 fully saturated rings. The van der Waals surface area contributed by atoms with Gasteiger partial charge in [0.15, 0.2) is 5.76 Å². The number of fused-ring (bicyclic) bond motifs is 4. The molecule has 0 N–H and O–H groups in total. The monoisotopic (exact) mass is 802 g/mol. The minimum absolute atomic E-state index is 0.0519. The zero-order chi connectivity index (χ0) is 42.6. The number of furan rings is 1. The molecule has 310 valence electrons. The van der Waals surface area contributed by atoms with Gasteiger partial charge in [-0.2, -0.15) is 5.10 Å². The molecule has 0 aliphatic carbocycles. The Kier molecular flexibility index (Phi) is 12.7. The standard InChI is InChI=1S/C46H54N6O7/c1-10-31-29-52(42(53)40-27-33-26-34(20-21-38(33)58-40)57-25-24-48(5)6)37-28-39(35-18-14-15-19-36(35)41(31)37)59-45(56)50(8)23-22-49(7)43(54)46(3,4)44(55)51(9)47-30(2)32-16-12-11-13-17-32/h11-21,26-28,31H,10,22-25,29H2,1-9H3/b47-30+/t31-/m1/s1. The van der Waals surface area contributed by atoms with E-state index in [0.717, 1.165) is 40.3 Å². The number of nitrogens with zero attached hydrogens (tertiary/aromatic N) is 6. The fraction of sp³-hybridized carbons (Fsp3) is 0.370. The van der Waals surface area contributed by atoms with E-state index in [1.165, 1.54) is 21.9 Å². The average molecular weight is 803 g/mol. The van der Waals surface area contributed by atoms with E-state index in [-0.39, 0.29) is 30.7 Å². The van der Waals surface area contributed by atoms with E-state index in [4.69, 9.17) is 13.9 Å². The number of ether oxygens (including phenoxy) is 2. The molecule has 1 aliphatic rings. The van der Waals surface area contributed by atoms with Gasteiger partial charge >= 0.3 is 6.09 Å². The first-order valence-corrected chi connectivity index (χ1v) is 19.9. The van der Waals surface area contributed by atoms with E-state index in [1.54, 1.807) is 51.9 Å². The molecule has 0 bridgehead atoms. The molecular weight excluding hydrogens is 749 g/mol. The first-order valence-electron chi connectivity index (χ1n) is 19.9. The summed E-state index contributed by atoms with van der Waals surface area (Å²) in [5.41, 5.74) is 2.34. The molecule has 2 heterocycles. The van der Waals surface area contributed by atoms with Gasteiger partial charge in [0.05, 0.1) is 11.4 Å². The molecule has 0 saturated carbocycles. The summed E-state index contributed by atoms with van der Waals surface area (Å²) in [5, 5.41) is 8.03. The maximum Gasteiger partial charge on any atom is 0.415 e. The molecule has 5 aromatic rings. The first-order chi connectivity index (χ1) is 28.1.